The van der Waals surface area contributed by atoms with E-state index in [1.54, 1.807) is 0 Å². The topological polar surface area (TPSA) is 146 Å². The fraction of sp³-hybridized carbons (Fsp3) is 0.773. The van der Waals surface area contributed by atoms with Crippen molar-refractivity contribution < 1.29 is 38.6 Å². The average Bonchev–Trinajstić information content (AvgIpc) is 3.40. The molecule has 2 N–H and O–H groups in total. The van der Waals surface area contributed by atoms with Crippen LogP contribution in [0.15, 0.2) is 0 Å². The minimum Gasteiger partial charge on any atom is -0.464 e. The number of hydrogen-bond acceptors (Lipinski definition) is 8. The Bertz CT molecular complexity index is 866. The lowest BCUT2D eigenvalue weighted by Gasteiger charge is -2.38. The third-order valence-electron chi connectivity index (χ3n) is 6.95. The fourth-order valence-corrected chi connectivity index (χ4v) is 5.21. The molecular formula is C22H32N4O8. The molecule has 0 aliphatic carbocycles. The molecule has 0 unspecified atom stereocenters. The number of ether oxygens (including phenoxy) is 2. The highest BCUT2D eigenvalue weighted by atomic mass is 16.5. The molecular weight excluding hydrogens is 448 g/mol. The van der Waals surface area contributed by atoms with E-state index in [2.05, 4.69) is 5.32 Å². The van der Waals surface area contributed by atoms with Crippen molar-refractivity contribution in [1.29, 1.82) is 0 Å². The summed E-state index contributed by atoms with van der Waals surface area (Å²) in [6.45, 7) is 3.95. The lowest BCUT2D eigenvalue weighted by molar-refractivity contribution is -0.158. The molecule has 0 saturated carbocycles. The van der Waals surface area contributed by atoms with Crippen molar-refractivity contribution in [1.82, 2.24) is 20.0 Å². The molecule has 4 amide bonds. The predicted octanol–water partition coefficient (Wildman–Crippen LogP) is -2.14. The van der Waals surface area contributed by atoms with E-state index in [0.717, 1.165) is 0 Å². The molecule has 12 nitrogen and oxygen atoms in total. The van der Waals surface area contributed by atoms with Gasteiger partial charge in [0, 0.05) is 26.1 Å². The van der Waals surface area contributed by atoms with Crippen molar-refractivity contribution in [3.63, 3.8) is 0 Å². The quantitative estimate of drug-likeness (QED) is 0.374. The molecule has 4 rings (SSSR count). The molecule has 0 aromatic rings. The normalized spacial score (nSPS) is 36.1. The van der Waals surface area contributed by atoms with Crippen LogP contribution in [0.5, 0.6) is 0 Å². The summed E-state index contributed by atoms with van der Waals surface area (Å²) in [7, 11) is 0. The molecule has 34 heavy (non-hydrogen) atoms. The molecule has 0 aromatic heterocycles. The second kappa shape index (κ2) is 9.87. The van der Waals surface area contributed by atoms with Gasteiger partial charge in [-0.2, -0.15) is 0 Å². The van der Waals surface area contributed by atoms with E-state index in [9.17, 15) is 29.1 Å². The number of cyclic esters (lactones) is 1. The average molecular weight is 481 g/mol. The summed E-state index contributed by atoms with van der Waals surface area (Å²) in [5.74, 6) is -2.38. The van der Waals surface area contributed by atoms with Gasteiger partial charge in [0.25, 0.3) is 0 Å². The molecule has 0 spiro atoms. The zero-order valence-corrected chi connectivity index (χ0v) is 19.5. The molecule has 0 aromatic carbocycles. The van der Waals surface area contributed by atoms with E-state index in [-0.39, 0.29) is 51.7 Å². The maximum Gasteiger partial charge on any atom is 0.328 e. The lowest BCUT2D eigenvalue weighted by atomic mass is 10.1. The van der Waals surface area contributed by atoms with Crippen molar-refractivity contribution in [2.24, 2.45) is 5.92 Å². The molecule has 6 atom stereocenters. The highest BCUT2D eigenvalue weighted by molar-refractivity contribution is 5.95. The van der Waals surface area contributed by atoms with Crippen molar-refractivity contribution in [3.8, 4) is 0 Å². The number of morpholine rings is 1. The van der Waals surface area contributed by atoms with E-state index in [1.165, 1.54) is 21.6 Å². The Morgan fingerprint density at radius 1 is 0.882 bits per heavy atom. The SMILES string of the molecule is C[C@@H]1C[C@H]2C(=O)OCCC(=O)N3C[C@H](O)C[C@H]3C(=O)N3CCOC[C@H]3C(=O)N[C@@H](C)C(=O)N2C1. The minimum atomic E-state index is -0.975. The summed E-state index contributed by atoms with van der Waals surface area (Å²) >= 11 is 0. The van der Waals surface area contributed by atoms with Gasteiger partial charge in [-0.3, -0.25) is 19.2 Å². The number of carbonyl (C=O) groups is 5. The van der Waals surface area contributed by atoms with Crippen LogP contribution >= 0.6 is 0 Å². The van der Waals surface area contributed by atoms with Gasteiger partial charge in [-0.25, -0.2) is 4.79 Å². The molecule has 4 heterocycles. The number of fused-ring (bicyclic) bond motifs is 3. The van der Waals surface area contributed by atoms with Crippen molar-refractivity contribution in [3.05, 3.63) is 0 Å². The van der Waals surface area contributed by atoms with E-state index in [4.69, 9.17) is 9.47 Å². The number of nitrogens with one attached hydrogen (secondary N) is 1. The molecule has 0 bridgehead atoms. The summed E-state index contributed by atoms with van der Waals surface area (Å²) in [4.78, 5) is 69.3. The fourth-order valence-electron chi connectivity index (χ4n) is 5.21. The summed E-state index contributed by atoms with van der Waals surface area (Å²) in [6, 6.07) is -3.62. The van der Waals surface area contributed by atoms with Crippen LogP contribution in [0.25, 0.3) is 0 Å². The Kier molecular flexibility index (Phi) is 7.08. The van der Waals surface area contributed by atoms with Gasteiger partial charge < -0.3 is 34.6 Å². The van der Waals surface area contributed by atoms with Crippen LogP contribution in [0, 0.1) is 5.92 Å². The minimum absolute atomic E-state index is 0.0101. The maximum atomic E-state index is 13.4. The number of aliphatic hydroxyl groups is 1. The first kappa shape index (κ1) is 24.4. The Morgan fingerprint density at radius 3 is 2.41 bits per heavy atom. The molecule has 188 valence electrons. The van der Waals surface area contributed by atoms with Gasteiger partial charge in [0.1, 0.15) is 30.8 Å². The van der Waals surface area contributed by atoms with Gasteiger partial charge >= 0.3 is 5.97 Å². The number of carbonyl (C=O) groups excluding carboxylic acids is 5. The second-order valence-electron chi connectivity index (χ2n) is 9.57. The summed E-state index contributed by atoms with van der Waals surface area (Å²) < 4.78 is 10.8. The van der Waals surface area contributed by atoms with E-state index in [0.29, 0.717) is 13.0 Å². The van der Waals surface area contributed by atoms with Gasteiger partial charge in [0.15, 0.2) is 0 Å². The van der Waals surface area contributed by atoms with E-state index >= 15 is 0 Å². The van der Waals surface area contributed by atoms with Crippen LogP contribution < -0.4 is 5.32 Å². The van der Waals surface area contributed by atoms with Crippen LogP contribution in [-0.2, 0) is 33.4 Å². The van der Waals surface area contributed by atoms with E-state index in [1.807, 2.05) is 6.92 Å². The van der Waals surface area contributed by atoms with Crippen molar-refractivity contribution in [2.75, 3.05) is 39.5 Å². The Labute approximate surface area is 197 Å². The Hall–Kier alpha value is -2.73. The number of aliphatic hydroxyl groups excluding tert-OH is 1. The predicted molar refractivity (Wildman–Crippen MR) is 115 cm³/mol. The number of esters is 1. The molecule has 4 saturated heterocycles. The van der Waals surface area contributed by atoms with Crippen molar-refractivity contribution in [2.45, 2.75) is 63.4 Å². The van der Waals surface area contributed by atoms with Gasteiger partial charge in [0.2, 0.25) is 23.6 Å². The van der Waals surface area contributed by atoms with Gasteiger partial charge in [-0.15, -0.1) is 0 Å². The van der Waals surface area contributed by atoms with Crippen LogP contribution in [0.1, 0.15) is 33.1 Å². The highest BCUT2D eigenvalue weighted by Crippen LogP contribution is 2.26. The first-order valence-corrected chi connectivity index (χ1v) is 11.8. The number of hydrogen-bond donors (Lipinski definition) is 2. The van der Waals surface area contributed by atoms with Crippen molar-refractivity contribution >= 4 is 29.6 Å². The Balaban J connectivity index is 1.63. The molecule has 4 fully saturated rings. The van der Waals surface area contributed by atoms with Crippen LogP contribution in [0.2, 0.25) is 0 Å². The van der Waals surface area contributed by atoms with Crippen LogP contribution in [0.4, 0.5) is 0 Å². The third-order valence-corrected chi connectivity index (χ3v) is 6.95. The third kappa shape index (κ3) is 4.74. The zero-order chi connectivity index (χ0) is 24.6. The Morgan fingerprint density at radius 2 is 1.65 bits per heavy atom. The first-order valence-electron chi connectivity index (χ1n) is 11.8. The zero-order valence-electron chi connectivity index (χ0n) is 19.5. The second-order valence-corrected chi connectivity index (χ2v) is 9.57. The standard InChI is InChI=1S/C22H32N4O8/c1-12-7-16-22(32)34-5-3-18(28)25-10-14(27)8-15(25)21(31)24-4-6-33-11-17(24)19(29)23-13(2)20(30)26(16)9-12/h12-17,27H,3-11H2,1-2H3,(H,23,29)/t12-,13+,14-,15+,16+,17+/m1/s1. The maximum absolute atomic E-state index is 13.4. The highest BCUT2D eigenvalue weighted by Gasteiger charge is 2.45. The van der Waals surface area contributed by atoms with Crippen LogP contribution in [-0.4, -0.2) is 119 Å². The molecule has 4 aliphatic rings. The molecule has 12 heteroatoms. The molecule has 0 radical (unpaired) electrons. The first-order chi connectivity index (χ1) is 16.2. The van der Waals surface area contributed by atoms with E-state index < -0.39 is 59.9 Å². The lowest BCUT2D eigenvalue weighted by Crippen LogP contribution is -2.61. The van der Waals surface area contributed by atoms with Gasteiger partial charge in [-0.1, -0.05) is 6.92 Å². The van der Waals surface area contributed by atoms with Gasteiger partial charge in [-0.05, 0) is 19.3 Å². The number of rotatable bonds is 0. The largest absolute Gasteiger partial charge is 0.464 e. The smallest absolute Gasteiger partial charge is 0.328 e. The summed E-state index contributed by atoms with van der Waals surface area (Å²) in [5, 5.41) is 12.8. The summed E-state index contributed by atoms with van der Waals surface area (Å²) in [5.41, 5.74) is 0. The monoisotopic (exact) mass is 480 g/mol. The van der Waals surface area contributed by atoms with Gasteiger partial charge in [0.05, 0.1) is 25.7 Å². The summed E-state index contributed by atoms with van der Waals surface area (Å²) in [6.07, 6.45) is -0.540. The van der Waals surface area contributed by atoms with Crippen LogP contribution in [0.3, 0.4) is 0 Å². The molecule has 4 aliphatic heterocycles. The number of nitrogens with zero attached hydrogens (tertiary/aromatic N) is 3. The number of amides is 4.